The Hall–Kier alpha value is -0.970. The number of fused-ring (bicyclic) bond motifs is 1. The first-order chi connectivity index (χ1) is 9.50. The van der Waals surface area contributed by atoms with Gasteiger partial charge in [0.1, 0.15) is 5.75 Å². The third-order valence-electron chi connectivity index (χ3n) is 3.48. The molecule has 114 valence electrons. The van der Waals surface area contributed by atoms with E-state index >= 15 is 0 Å². The van der Waals surface area contributed by atoms with Crippen LogP contribution in [0.5, 0.6) is 5.75 Å². The molecule has 0 bridgehead atoms. The maximum absolute atomic E-state index is 12.5. The minimum atomic E-state index is -1.83. The quantitative estimate of drug-likeness (QED) is 0.354. The Balaban J connectivity index is 2.37. The summed E-state index contributed by atoms with van der Waals surface area (Å²) in [5, 5.41) is 0. The number of esters is 2. The number of benzene rings is 1. The van der Waals surface area contributed by atoms with Gasteiger partial charge in [-0.25, -0.2) is 0 Å². The summed E-state index contributed by atoms with van der Waals surface area (Å²) >= 11 is 17.4. The fraction of sp³-hybridized carbons (Fsp3) is 0.429. The molecule has 0 spiro atoms. The Bertz CT molecular complexity index is 606. The highest BCUT2D eigenvalue weighted by molar-refractivity contribution is 6.68. The third-order valence-corrected chi connectivity index (χ3v) is 4.84. The molecule has 1 atom stereocenters. The lowest BCUT2D eigenvalue weighted by atomic mass is 9.84. The van der Waals surface area contributed by atoms with Gasteiger partial charge in [0.25, 0.3) is 0 Å². The summed E-state index contributed by atoms with van der Waals surface area (Å²) in [6, 6.07) is 6.64. The van der Waals surface area contributed by atoms with Gasteiger partial charge in [-0.15, -0.1) is 0 Å². The highest BCUT2D eigenvalue weighted by atomic mass is 35.6. The zero-order chi connectivity index (χ0) is 16.1. The summed E-state index contributed by atoms with van der Waals surface area (Å²) in [5.74, 6) is -1.21. The first-order valence-corrected chi connectivity index (χ1v) is 7.25. The average molecular weight is 352 g/mol. The molecule has 0 saturated heterocycles. The van der Waals surface area contributed by atoms with Crippen molar-refractivity contribution in [3.63, 3.8) is 0 Å². The lowest BCUT2D eigenvalue weighted by Gasteiger charge is -2.34. The molecule has 0 unspecified atom stereocenters. The Labute approximate surface area is 137 Å². The molecule has 0 saturated carbocycles. The minimum absolute atomic E-state index is 0.327. The lowest BCUT2D eigenvalue weighted by Crippen LogP contribution is -2.48. The normalized spacial score (nSPS) is 21.7. The third kappa shape index (κ3) is 2.60. The maximum atomic E-state index is 12.5. The second kappa shape index (κ2) is 5.04. The van der Waals surface area contributed by atoms with E-state index in [0.717, 1.165) is 0 Å². The first-order valence-electron chi connectivity index (χ1n) is 6.12. The summed E-state index contributed by atoms with van der Waals surface area (Å²) in [5.41, 5.74) is -2.56. The van der Waals surface area contributed by atoms with Gasteiger partial charge in [0.2, 0.25) is 3.79 Å². The van der Waals surface area contributed by atoms with Crippen molar-refractivity contribution in [1.29, 1.82) is 0 Å². The number of hydrogen-bond donors (Lipinski definition) is 0. The van der Waals surface area contributed by atoms with E-state index in [1.54, 1.807) is 24.3 Å². The van der Waals surface area contributed by atoms with E-state index in [-0.39, 0.29) is 0 Å². The highest BCUT2D eigenvalue weighted by Crippen LogP contribution is 2.44. The molecule has 1 heterocycles. The van der Waals surface area contributed by atoms with Crippen LogP contribution in [0.15, 0.2) is 24.3 Å². The molecule has 21 heavy (non-hydrogen) atoms. The second-order valence-electron chi connectivity index (χ2n) is 5.41. The minimum Gasteiger partial charge on any atom is -0.454 e. The van der Waals surface area contributed by atoms with Gasteiger partial charge in [0.15, 0.2) is 11.0 Å². The topological polar surface area (TPSA) is 52.6 Å². The summed E-state index contributed by atoms with van der Waals surface area (Å²) in [7, 11) is 0. The van der Waals surface area contributed by atoms with Crippen LogP contribution < -0.4 is 4.74 Å². The fourth-order valence-corrected chi connectivity index (χ4v) is 1.98. The zero-order valence-electron chi connectivity index (χ0n) is 11.6. The van der Waals surface area contributed by atoms with Crippen LogP contribution in [0.25, 0.3) is 0 Å². The van der Waals surface area contributed by atoms with Gasteiger partial charge in [0.05, 0.1) is 0 Å². The van der Waals surface area contributed by atoms with Crippen LogP contribution >= 0.6 is 34.8 Å². The lowest BCUT2D eigenvalue weighted by molar-refractivity contribution is -0.167. The molecule has 0 aromatic heterocycles. The summed E-state index contributed by atoms with van der Waals surface area (Å²) in [6.45, 7) is 4.33. The first kappa shape index (κ1) is 16.4. The van der Waals surface area contributed by atoms with Crippen molar-refractivity contribution in [3.8, 4) is 5.75 Å². The van der Waals surface area contributed by atoms with Crippen LogP contribution in [0.1, 0.15) is 26.3 Å². The number of hydrogen-bond acceptors (Lipinski definition) is 4. The van der Waals surface area contributed by atoms with Crippen molar-refractivity contribution < 1.29 is 19.1 Å². The van der Waals surface area contributed by atoms with Gasteiger partial charge in [-0.05, 0) is 26.8 Å². The molecule has 0 amide bonds. The maximum Gasteiger partial charge on any atom is 0.333 e. The van der Waals surface area contributed by atoms with E-state index in [2.05, 4.69) is 0 Å². The molecular weight excluding hydrogens is 339 g/mol. The largest absolute Gasteiger partial charge is 0.454 e. The predicted molar refractivity (Wildman–Crippen MR) is 79.9 cm³/mol. The fourth-order valence-electron chi connectivity index (χ4n) is 1.87. The van der Waals surface area contributed by atoms with Crippen molar-refractivity contribution >= 4 is 46.7 Å². The Morgan fingerprint density at radius 1 is 1.24 bits per heavy atom. The van der Waals surface area contributed by atoms with E-state index < -0.39 is 26.7 Å². The molecular formula is C14H13Cl3O4. The van der Waals surface area contributed by atoms with Gasteiger partial charge >= 0.3 is 11.9 Å². The SMILES string of the molecule is CC(C)(OC(=O)[C@@]1(C)C(=O)Oc2ccccc21)C(Cl)(Cl)Cl. The number of carbonyl (C=O) groups is 2. The smallest absolute Gasteiger partial charge is 0.333 e. The molecule has 1 aliphatic rings. The summed E-state index contributed by atoms with van der Waals surface area (Å²) < 4.78 is 8.55. The van der Waals surface area contributed by atoms with Crippen LogP contribution in [-0.4, -0.2) is 21.3 Å². The molecule has 1 aliphatic heterocycles. The van der Waals surface area contributed by atoms with Gasteiger partial charge in [-0.3, -0.25) is 9.59 Å². The van der Waals surface area contributed by atoms with E-state index in [1.807, 2.05) is 0 Å². The molecule has 0 aliphatic carbocycles. The van der Waals surface area contributed by atoms with Gasteiger partial charge in [-0.2, -0.15) is 0 Å². The molecule has 0 fully saturated rings. The van der Waals surface area contributed by atoms with Crippen molar-refractivity contribution in [2.45, 2.75) is 35.6 Å². The van der Waals surface area contributed by atoms with E-state index in [1.165, 1.54) is 20.8 Å². The number of para-hydroxylation sites is 1. The molecule has 1 aromatic rings. The molecule has 1 aromatic carbocycles. The number of halogens is 3. The number of alkyl halides is 3. The van der Waals surface area contributed by atoms with Crippen LogP contribution in [0, 0.1) is 0 Å². The van der Waals surface area contributed by atoms with Gasteiger partial charge in [0, 0.05) is 5.56 Å². The van der Waals surface area contributed by atoms with Crippen molar-refractivity contribution in [1.82, 2.24) is 0 Å². The van der Waals surface area contributed by atoms with Crippen LogP contribution in [0.2, 0.25) is 0 Å². The van der Waals surface area contributed by atoms with E-state index in [0.29, 0.717) is 11.3 Å². The predicted octanol–water partition coefficient (Wildman–Crippen LogP) is 3.56. The number of ether oxygens (including phenoxy) is 2. The van der Waals surface area contributed by atoms with Crippen molar-refractivity contribution in [3.05, 3.63) is 29.8 Å². The molecule has 0 radical (unpaired) electrons. The summed E-state index contributed by atoms with van der Waals surface area (Å²) in [6.07, 6.45) is 0. The van der Waals surface area contributed by atoms with Crippen molar-refractivity contribution in [2.24, 2.45) is 0 Å². The second-order valence-corrected chi connectivity index (χ2v) is 7.69. The van der Waals surface area contributed by atoms with Crippen LogP contribution in [-0.2, 0) is 19.7 Å². The number of carbonyl (C=O) groups excluding carboxylic acids is 2. The Morgan fingerprint density at radius 3 is 2.38 bits per heavy atom. The van der Waals surface area contributed by atoms with E-state index in [4.69, 9.17) is 44.3 Å². The van der Waals surface area contributed by atoms with E-state index in [9.17, 15) is 9.59 Å². The van der Waals surface area contributed by atoms with Crippen LogP contribution in [0.4, 0.5) is 0 Å². The Morgan fingerprint density at radius 2 is 1.81 bits per heavy atom. The highest BCUT2D eigenvalue weighted by Gasteiger charge is 2.55. The molecule has 2 rings (SSSR count). The average Bonchev–Trinajstić information content (AvgIpc) is 2.61. The van der Waals surface area contributed by atoms with Crippen LogP contribution in [0.3, 0.4) is 0 Å². The molecule has 7 heteroatoms. The van der Waals surface area contributed by atoms with Gasteiger partial charge in [-0.1, -0.05) is 53.0 Å². The standard InChI is InChI=1S/C14H13Cl3O4/c1-12(2,14(15,16)17)21-11(19)13(3)8-6-4-5-7-9(8)20-10(13)18/h4-7H,1-3H3/t13-/m1/s1. The number of rotatable bonds is 2. The zero-order valence-corrected chi connectivity index (χ0v) is 13.8. The van der Waals surface area contributed by atoms with Gasteiger partial charge < -0.3 is 9.47 Å². The molecule has 0 N–H and O–H groups in total. The monoisotopic (exact) mass is 350 g/mol. The molecule has 4 nitrogen and oxygen atoms in total. The van der Waals surface area contributed by atoms with Crippen molar-refractivity contribution in [2.75, 3.05) is 0 Å². The summed E-state index contributed by atoms with van der Waals surface area (Å²) in [4.78, 5) is 24.6. The Kier molecular flexibility index (Phi) is 3.94.